The molecule has 1 aliphatic carbocycles. The van der Waals surface area contributed by atoms with Gasteiger partial charge in [-0.1, -0.05) is 24.3 Å². The topological polar surface area (TPSA) is 77.2 Å². The number of nitrogen functional groups attached to an aromatic ring is 1. The Kier molecular flexibility index (Phi) is 3.75. The molecule has 1 aromatic carbocycles. The third kappa shape index (κ3) is 2.83. The monoisotopic (exact) mass is 285 g/mol. The van der Waals surface area contributed by atoms with E-state index in [1.54, 1.807) is 13.2 Å². The Morgan fingerprint density at radius 3 is 2.95 bits per heavy atom. The number of rotatable bonds is 3. The van der Waals surface area contributed by atoms with Crippen LogP contribution in [0.5, 0.6) is 0 Å². The van der Waals surface area contributed by atoms with E-state index in [-0.39, 0.29) is 18.1 Å². The number of methoxy groups -OCH3 is 1. The second-order valence-electron chi connectivity index (χ2n) is 5.46. The molecule has 0 aliphatic heterocycles. The average Bonchev–Trinajstić information content (AvgIpc) is 2.95. The lowest BCUT2D eigenvalue weighted by Crippen LogP contribution is -2.34. The molecule has 1 amide bonds. The van der Waals surface area contributed by atoms with Crippen molar-refractivity contribution in [2.45, 2.75) is 31.4 Å². The van der Waals surface area contributed by atoms with E-state index < -0.39 is 0 Å². The van der Waals surface area contributed by atoms with Gasteiger partial charge in [-0.2, -0.15) is 0 Å². The van der Waals surface area contributed by atoms with Crippen LogP contribution in [0, 0.1) is 0 Å². The number of amides is 1. The summed E-state index contributed by atoms with van der Waals surface area (Å²) in [4.78, 5) is 16.5. The lowest BCUT2D eigenvalue weighted by atomic mass is 10.1. The van der Waals surface area contributed by atoms with Gasteiger partial charge in [-0.05, 0) is 30.7 Å². The minimum absolute atomic E-state index is 0.150. The van der Waals surface area contributed by atoms with Crippen molar-refractivity contribution in [3.8, 4) is 0 Å². The standard InChI is InChI=1S/C16H19N3O2/c1-21-12-7-6-11(9-12)18-16(20)14-8-10-4-2-3-5-13(10)15(17)19-14/h2-5,8,11-12H,6-7,9H2,1H3,(H2,17,19)(H,18,20). The quantitative estimate of drug-likeness (QED) is 0.905. The minimum atomic E-state index is -0.172. The number of nitrogens with zero attached hydrogens (tertiary/aromatic N) is 1. The Hall–Kier alpha value is -2.14. The maximum atomic E-state index is 12.3. The van der Waals surface area contributed by atoms with Crippen LogP contribution >= 0.6 is 0 Å². The van der Waals surface area contributed by atoms with E-state index in [0.717, 1.165) is 30.0 Å². The van der Waals surface area contributed by atoms with Crippen LogP contribution in [-0.2, 0) is 4.74 Å². The highest BCUT2D eigenvalue weighted by Crippen LogP contribution is 2.23. The molecule has 21 heavy (non-hydrogen) atoms. The summed E-state index contributed by atoms with van der Waals surface area (Å²) in [5, 5.41) is 4.81. The Morgan fingerprint density at radius 1 is 1.38 bits per heavy atom. The first-order valence-electron chi connectivity index (χ1n) is 7.16. The molecule has 5 heteroatoms. The molecule has 1 aliphatic rings. The Labute approximate surface area is 123 Å². The van der Waals surface area contributed by atoms with Gasteiger partial charge in [-0.15, -0.1) is 0 Å². The van der Waals surface area contributed by atoms with Crippen LogP contribution in [0.25, 0.3) is 10.8 Å². The van der Waals surface area contributed by atoms with E-state index >= 15 is 0 Å². The molecule has 2 unspecified atom stereocenters. The predicted molar refractivity (Wildman–Crippen MR) is 82.1 cm³/mol. The van der Waals surface area contributed by atoms with Crippen LogP contribution in [0.2, 0.25) is 0 Å². The molecule has 3 rings (SSSR count). The van der Waals surface area contributed by atoms with E-state index in [1.807, 2.05) is 24.3 Å². The van der Waals surface area contributed by atoms with Gasteiger partial charge in [-0.3, -0.25) is 4.79 Å². The zero-order valence-electron chi connectivity index (χ0n) is 12.0. The minimum Gasteiger partial charge on any atom is -0.383 e. The fourth-order valence-corrected chi connectivity index (χ4v) is 2.89. The number of carbonyl (C=O) groups excluding carboxylic acids is 1. The number of benzene rings is 1. The molecule has 110 valence electrons. The van der Waals surface area contributed by atoms with Crippen LogP contribution in [0.15, 0.2) is 30.3 Å². The first kappa shape index (κ1) is 13.8. The van der Waals surface area contributed by atoms with Gasteiger partial charge >= 0.3 is 0 Å². The summed E-state index contributed by atoms with van der Waals surface area (Å²) in [6.07, 6.45) is 3.01. The smallest absolute Gasteiger partial charge is 0.270 e. The van der Waals surface area contributed by atoms with Gasteiger partial charge < -0.3 is 15.8 Å². The first-order valence-corrected chi connectivity index (χ1v) is 7.16. The van der Waals surface area contributed by atoms with Gasteiger partial charge in [0.15, 0.2) is 0 Å². The van der Waals surface area contributed by atoms with Crippen LogP contribution in [0.4, 0.5) is 5.82 Å². The maximum absolute atomic E-state index is 12.3. The van der Waals surface area contributed by atoms with Gasteiger partial charge in [0.05, 0.1) is 6.10 Å². The number of ether oxygens (including phenoxy) is 1. The maximum Gasteiger partial charge on any atom is 0.270 e. The lowest BCUT2D eigenvalue weighted by Gasteiger charge is -2.13. The Bertz CT molecular complexity index is 672. The molecule has 0 saturated heterocycles. The predicted octanol–water partition coefficient (Wildman–Crippen LogP) is 2.11. The number of nitrogens with two attached hydrogens (primary N) is 1. The summed E-state index contributed by atoms with van der Waals surface area (Å²) < 4.78 is 5.32. The van der Waals surface area contributed by atoms with Gasteiger partial charge in [0.1, 0.15) is 11.5 Å². The largest absolute Gasteiger partial charge is 0.383 e. The number of anilines is 1. The highest BCUT2D eigenvalue weighted by Gasteiger charge is 2.26. The van der Waals surface area contributed by atoms with E-state index in [4.69, 9.17) is 10.5 Å². The van der Waals surface area contributed by atoms with E-state index in [0.29, 0.717) is 11.5 Å². The van der Waals surface area contributed by atoms with Crippen molar-refractivity contribution in [2.75, 3.05) is 12.8 Å². The van der Waals surface area contributed by atoms with Gasteiger partial charge in [0.2, 0.25) is 0 Å². The summed E-state index contributed by atoms with van der Waals surface area (Å²) >= 11 is 0. The molecule has 2 atom stereocenters. The van der Waals surface area contributed by atoms with Crippen molar-refractivity contribution in [3.63, 3.8) is 0 Å². The van der Waals surface area contributed by atoms with E-state index in [1.165, 1.54) is 0 Å². The third-order valence-corrected chi connectivity index (χ3v) is 4.06. The summed E-state index contributed by atoms with van der Waals surface area (Å²) in [7, 11) is 1.71. The summed E-state index contributed by atoms with van der Waals surface area (Å²) in [6, 6.07) is 9.59. The molecule has 1 saturated carbocycles. The van der Waals surface area contributed by atoms with E-state index in [9.17, 15) is 4.79 Å². The number of hydrogen-bond donors (Lipinski definition) is 2. The van der Waals surface area contributed by atoms with Gasteiger partial charge in [0, 0.05) is 18.5 Å². The molecule has 3 N–H and O–H groups in total. The summed E-state index contributed by atoms with van der Waals surface area (Å²) in [5.41, 5.74) is 6.30. The van der Waals surface area contributed by atoms with Crippen molar-refractivity contribution >= 4 is 22.5 Å². The van der Waals surface area contributed by atoms with Crippen molar-refractivity contribution in [2.24, 2.45) is 0 Å². The number of nitrogens with one attached hydrogen (secondary N) is 1. The van der Waals surface area contributed by atoms with Crippen molar-refractivity contribution in [1.82, 2.24) is 10.3 Å². The van der Waals surface area contributed by atoms with Crippen LogP contribution < -0.4 is 11.1 Å². The van der Waals surface area contributed by atoms with Crippen molar-refractivity contribution in [3.05, 3.63) is 36.0 Å². The molecular formula is C16H19N3O2. The second kappa shape index (κ2) is 5.69. The van der Waals surface area contributed by atoms with Crippen LogP contribution in [0.3, 0.4) is 0 Å². The Morgan fingerprint density at radius 2 is 2.19 bits per heavy atom. The lowest BCUT2D eigenvalue weighted by molar-refractivity contribution is 0.0911. The van der Waals surface area contributed by atoms with Crippen LogP contribution in [0.1, 0.15) is 29.8 Å². The normalized spacial score (nSPS) is 21.6. The number of aromatic nitrogens is 1. The summed E-state index contributed by atoms with van der Waals surface area (Å²) in [6.45, 7) is 0. The Balaban J connectivity index is 1.79. The second-order valence-corrected chi connectivity index (χ2v) is 5.46. The zero-order chi connectivity index (χ0) is 14.8. The van der Waals surface area contributed by atoms with Gasteiger partial charge in [-0.25, -0.2) is 4.98 Å². The fraction of sp³-hybridized carbons (Fsp3) is 0.375. The van der Waals surface area contributed by atoms with E-state index in [2.05, 4.69) is 10.3 Å². The molecule has 0 bridgehead atoms. The highest BCUT2D eigenvalue weighted by atomic mass is 16.5. The molecule has 1 fully saturated rings. The average molecular weight is 285 g/mol. The fourth-order valence-electron chi connectivity index (χ4n) is 2.89. The molecule has 1 aromatic heterocycles. The number of pyridine rings is 1. The molecule has 1 heterocycles. The zero-order valence-corrected chi connectivity index (χ0v) is 12.0. The molecule has 2 aromatic rings. The third-order valence-electron chi connectivity index (χ3n) is 4.06. The van der Waals surface area contributed by atoms with Crippen molar-refractivity contribution in [1.29, 1.82) is 0 Å². The molecule has 0 radical (unpaired) electrons. The molecule has 0 spiro atoms. The van der Waals surface area contributed by atoms with Gasteiger partial charge in [0.25, 0.3) is 5.91 Å². The number of fused-ring (bicyclic) bond motifs is 1. The summed E-state index contributed by atoms with van der Waals surface area (Å²) in [5.74, 6) is 0.216. The first-order chi connectivity index (χ1) is 10.2. The molecular weight excluding hydrogens is 266 g/mol. The highest BCUT2D eigenvalue weighted by molar-refractivity contribution is 5.99. The molecule has 5 nitrogen and oxygen atoms in total. The van der Waals surface area contributed by atoms with Crippen LogP contribution in [-0.4, -0.2) is 30.1 Å². The SMILES string of the molecule is COC1CCC(NC(=O)c2cc3ccccc3c(N)n2)C1. The van der Waals surface area contributed by atoms with Crippen molar-refractivity contribution < 1.29 is 9.53 Å². The number of hydrogen-bond acceptors (Lipinski definition) is 4. The number of carbonyl (C=O) groups is 1.